The van der Waals surface area contributed by atoms with Crippen molar-refractivity contribution in [3.8, 4) is 23.0 Å². The predicted octanol–water partition coefficient (Wildman–Crippen LogP) is 6.05. The molecule has 1 unspecified atom stereocenters. The molecule has 2 aromatic rings. The van der Waals surface area contributed by atoms with Crippen LogP contribution < -0.4 is 14.2 Å². The summed E-state index contributed by atoms with van der Waals surface area (Å²) in [6, 6.07) is 9.67. The summed E-state index contributed by atoms with van der Waals surface area (Å²) in [6.45, 7) is 5.03. The van der Waals surface area contributed by atoms with Gasteiger partial charge in [-0.05, 0) is 92.3 Å². The first-order valence-electron chi connectivity index (χ1n) is 19.1. The maximum Gasteiger partial charge on any atom is 0.254 e. The molecule has 7 rings (SSSR count). The molecular weight excluding hydrogens is 680 g/mol. The second kappa shape index (κ2) is 16.5. The third kappa shape index (κ3) is 7.38. The number of phenols is 1. The van der Waals surface area contributed by atoms with Gasteiger partial charge in [0.2, 0.25) is 18.9 Å². The van der Waals surface area contributed by atoms with E-state index in [9.17, 15) is 20.1 Å². The summed E-state index contributed by atoms with van der Waals surface area (Å²) in [7, 11) is 1.76. The number of nitrogens with zero attached hydrogens (tertiary/aromatic N) is 2. The molecule has 3 aliphatic heterocycles. The molecule has 0 bridgehead atoms. The van der Waals surface area contributed by atoms with E-state index in [0.717, 1.165) is 56.1 Å². The highest BCUT2D eigenvalue weighted by atomic mass is 16.8. The van der Waals surface area contributed by atoms with E-state index in [1.54, 1.807) is 54.4 Å². The minimum absolute atomic E-state index is 0.0580. The molecule has 0 radical (unpaired) electrons. The van der Waals surface area contributed by atoms with E-state index in [-0.39, 0.29) is 62.4 Å². The third-order valence-electron chi connectivity index (χ3n) is 11.5. The van der Waals surface area contributed by atoms with E-state index in [1.807, 2.05) is 0 Å². The van der Waals surface area contributed by atoms with Crippen LogP contribution in [0, 0.1) is 17.8 Å². The van der Waals surface area contributed by atoms with Gasteiger partial charge in [-0.2, -0.15) is 0 Å². The van der Waals surface area contributed by atoms with Gasteiger partial charge in [0.25, 0.3) is 5.91 Å². The zero-order chi connectivity index (χ0) is 37.0. The van der Waals surface area contributed by atoms with Crippen LogP contribution in [0.3, 0.4) is 0 Å². The molecule has 0 aromatic heterocycles. The average Bonchev–Trinajstić information content (AvgIpc) is 3.66. The number of rotatable bonds is 15. The molecule has 1 saturated heterocycles. The first-order valence-corrected chi connectivity index (χ1v) is 19.1. The van der Waals surface area contributed by atoms with Crippen molar-refractivity contribution < 1.29 is 48.6 Å². The van der Waals surface area contributed by atoms with Gasteiger partial charge < -0.3 is 48.7 Å². The summed E-state index contributed by atoms with van der Waals surface area (Å²) in [6.07, 6.45) is 11.1. The number of amides is 1. The van der Waals surface area contributed by atoms with Gasteiger partial charge in [0.15, 0.2) is 11.5 Å². The number of aliphatic hydroxyl groups is 2. The van der Waals surface area contributed by atoms with Crippen molar-refractivity contribution in [2.45, 2.75) is 88.2 Å². The Labute approximate surface area is 310 Å². The first-order chi connectivity index (χ1) is 25.9. The van der Waals surface area contributed by atoms with Crippen LogP contribution in [0.5, 0.6) is 23.0 Å². The van der Waals surface area contributed by atoms with Crippen LogP contribution in [0.4, 0.5) is 0 Å². The fourth-order valence-electron chi connectivity index (χ4n) is 9.03. The minimum Gasteiger partial charge on any atom is -0.508 e. The lowest BCUT2D eigenvalue weighted by Gasteiger charge is -2.59. The standard InChI is InChI=1S/C41H52N2O10/c1-3-19-51-41-36(43(2)40(47)27-13-15-34-35(22-27)50-25-49-34)24-32(42-53-37-12-6-9-20-48-37)30-21-26(10-4-7-17-44)29(11-5-8-18-45)38(39(30)41)31-23-28(46)14-16-33(31)52-41/h3,13-16,21-23,26,29,36-39,44-46H,1,4-12,17-20,24-25H2,2H3/t26-,29+,36-,37?,38+,39+,41+/m0/s1. The summed E-state index contributed by atoms with van der Waals surface area (Å²) in [5, 5.41) is 35.3. The molecule has 2 aromatic carbocycles. The Morgan fingerprint density at radius 2 is 1.83 bits per heavy atom. The SMILES string of the molecule is C=CCO[C@@]12Oc3ccc(O)cc3[C@H]3[C@H](CCCCO)[C@@H](CCCCO)C=C(C(=NOC4CCCCO4)C[C@@H]1N(C)C(=O)c1ccc4c(c1)OCO4)[C@H]32. The summed E-state index contributed by atoms with van der Waals surface area (Å²) < 4.78 is 31.1. The molecule has 1 saturated carbocycles. The van der Waals surface area contributed by atoms with Crippen LogP contribution in [0.15, 0.2) is 65.9 Å². The van der Waals surface area contributed by atoms with Crippen LogP contribution in [-0.4, -0.2) is 90.2 Å². The van der Waals surface area contributed by atoms with Gasteiger partial charge in [-0.3, -0.25) is 4.79 Å². The van der Waals surface area contributed by atoms with Crippen LogP contribution in [0.2, 0.25) is 0 Å². The number of allylic oxidation sites excluding steroid dienone is 1. The lowest BCUT2D eigenvalue weighted by atomic mass is 9.55. The van der Waals surface area contributed by atoms with Crippen molar-refractivity contribution in [3.63, 3.8) is 0 Å². The average molecular weight is 733 g/mol. The normalized spacial score (nSPS) is 29.0. The van der Waals surface area contributed by atoms with Gasteiger partial charge in [0.1, 0.15) is 17.5 Å². The molecule has 7 atom stereocenters. The van der Waals surface area contributed by atoms with E-state index in [0.29, 0.717) is 48.0 Å². The number of carbonyl (C=O) groups is 1. The fourth-order valence-corrected chi connectivity index (χ4v) is 9.03. The molecule has 286 valence electrons. The van der Waals surface area contributed by atoms with Gasteiger partial charge in [-0.15, -0.1) is 6.58 Å². The summed E-state index contributed by atoms with van der Waals surface area (Å²) in [4.78, 5) is 22.4. The van der Waals surface area contributed by atoms with Gasteiger partial charge in [0, 0.05) is 50.1 Å². The monoisotopic (exact) mass is 732 g/mol. The molecule has 1 amide bonds. The number of benzene rings is 2. The lowest BCUT2D eigenvalue weighted by Crippen LogP contribution is -2.69. The van der Waals surface area contributed by atoms with Crippen molar-refractivity contribution >= 4 is 11.6 Å². The number of aliphatic hydroxyl groups excluding tert-OH is 2. The summed E-state index contributed by atoms with van der Waals surface area (Å²) in [5.41, 5.74) is 2.90. The molecule has 3 heterocycles. The fraction of sp³-hybridized carbons (Fsp3) is 0.561. The number of hydrogen-bond acceptors (Lipinski definition) is 11. The number of oxime groups is 1. The topological polar surface area (TPSA) is 149 Å². The number of aromatic hydroxyl groups is 1. The number of phenolic OH excluding ortho intramolecular Hbond substituents is 1. The summed E-state index contributed by atoms with van der Waals surface area (Å²) >= 11 is 0. The van der Waals surface area contributed by atoms with Crippen molar-refractivity contribution in [1.29, 1.82) is 0 Å². The smallest absolute Gasteiger partial charge is 0.254 e. The third-order valence-corrected chi connectivity index (χ3v) is 11.5. The minimum atomic E-state index is -1.39. The number of hydrogen-bond donors (Lipinski definition) is 3. The second-order valence-electron chi connectivity index (χ2n) is 14.7. The number of likely N-dealkylation sites (N-methyl/N-ethyl adjacent to an activating group) is 1. The maximum atomic E-state index is 14.5. The number of ether oxygens (including phenoxy) is 5. The Balaban J connectivity index is 1.39. The molecule has 12 nitrogen and oxygen atoms in total. The van der Waals surface area contributed by atoms with E-state index in [4.69, 9.17) is 33.7 Å². The molecule has 2 fully saturated rings. The first kappa shape index (κ1) is 37.2. The zero-order valence-electron chi connectivity index (χ0n) is 30.5. The summed E-state index contributed by atoms with van der Waals surface area (Å²) in [5.74, 6) is -0.392. The molecule has 5 aliphatic rings. The number of fused-ring (bicyclic) bond motifs is 3. The maximum absolute atomic E-state index is 14.5. The van der Waals surface area contributed by atoms with E-state index in [2.05, 4.69) is 12.7 Å². The van der Waals surface area contributed by atoms with E-state index in [1.165, 1.54) is 0 Å². The highest BCUT2D eigenvalue weighted by Gasteiger charge is 2.65. The van der Waals surface area contributed by atoms with E-state index >= 15 is 0 Å². The number of unbranched alkanes of at least 4 members (excludes halogenated alkanes) is 2. The van der Waals surface area contributed by atoms with Crippen LogP contribution in [0.25, 0.3) is 0 Å². The number of carbonyl (C=O) groups excluding carboxylic acids is 1. The molecule has 53 heavy (non-hydrogen) atoms. The van der Waals surface area contributed by atoms with Gasteiger partial charge in [0.05, 0.1) is 24.8 Å². The van der Waals surface area contributed by atoms with Gasteiger partial charge >= 0.3 is 0 Å². The largest absolute Gasteiger partial charge is 0.508 e. The van der Waals surface area contributed by atoms with Crippen molar-refractivity contribution in [3.05, 3.63) is 71.8 Å². The quantitative estimate of drug-likeness (QED) is 0.112. The van der Waals surface area contributed by atoms with Crippen LogP contribution in [0.1, 0.15) is 86.0 Å². The van der Waals surface area contributed by atoms with Crippen LogP contribution in [-0.2, 0) is 14.3 Å². The highest BCUT2D eigenvalue weighted by Crippen LogP contribution is 2.62. The Morgan fingerprint density at radius 1 is 1.04 bits per heavy atom. The Morgan fingerprint density at radius 3 is 2.60 bits per heavy atom. The molecule has 0 spiro atoms. The molecular formula is C41H52N2O10. The zero-order valence-corrected chi connectivity index (χ0v) is 30.5. The Kier molecular flexibility index (Phi) is 11.6. The molecule has 2 aliphatic carbocycles. The molecule has 3 N–H and O–H groups in total. The van der Waals surface area contributed by atoms with E-state index < -0.39 is 24.0 Å². The lowest BCUT2D eigenvalue weighted by molar-refractivity contribution is -0.252. The van der Waals surface area contributed by atoms with Crippen molar-refractivity contribution in [2.75, 3.05) is 40.3 Å². The second-order valence-corrected chi connectivity index (χ2v) is 14.7. The predicted molar refractivity (Wildman–Crippen MR) is 196 cm³/mol. The van der Waals surface area contributed by atoms with Gasteiger partial charge in [-0.1, -0.05) is 30.1 Å². The Hall–Kier alpha value is -4.10. The van der Waals surface area contributed by atoms with Crippen LogP contribution >= 0.6 is 0 Å². The van der Waals surface area contributed by atoms with Crippen molar-refractivity contribution in [2.24, 2.45) is 22.9 Å². The highest BCUT2D eigenvalue weighted by molar-refractivity contribution is 6.03. The van der Waals surface area contributed by atoms with Crippen molar-refractivity contribution in [1.82, 2.24) is 4.90 Å². The van der Waals surface area contributed by atoms with Gasteiger partial charge in [-0.25, -0.2) is 0 Å². The Bertz CT molecular complexity index is 1690. The molecule has 12 heteroatoms.